The third-order valence-corrected chi connectivity index (χ3v) is 6.82. The number of carboxylic acids is 2. The summed E-state index contributed by atoms with van der Waals surface area (Å²) in [6, 6.07) is 0. The van der Waals surface area contributed by atoms with E-state index in [1.54, 1.807) is 73.4 Å². The highest BCUT2D eigenvalue weighted by Gasteiger charge is 2.45. The van der Waals surface area contributed by atoms with Gasteiger partial charge in [0.2, 0.25) is 0 Å². The molecule has 0 aromatic carbocycles. The van der Waals surface area contributed by atoms with Crippen LogP contribution >= 0.6 is 45.2 Å². The van der Waals surface area contributed by atoms with Gasteiger partial charge in [0.05, 0.1) is 6.10 Å². The van der Waals surface area contributed by atoms with Crippen LogP contribution in [0.4, 0.5) is 0 Å². The second-order valence-corrected chi connectivity index (χ2v) is 8.55. The molecule has 0 radical (unpaired) electrons. The molecule has 0 saturated carbocycles. The van der Waals surface area contributed by atoms with Gasteiger partial charge in [-0.25, -0.2) is 9.59 Å². The standard InChI is InChI=1S/C11H20I2N2O5/c1-14(2)10(12,8(17)18)5-7(16)6-11(13,9(19)20)15(3)4/h7,16H,5-6H2,1-4H3,(H,17,18)(H,19,20). The van der Waals surface area contributed by atoms with E-state index in [1.807, 2.05) is 0 Å². The second kappa shape index (κ2) is 7.51. The van der Waals surface area contributed by atoms with E-state index < -0.39 is 25.1 Å². The van der Waals surface area contributed by atoms with Crippen LogP contribution in [-0.2, 0) is 9.59 Å². The van der Waals surface area contributed by atoms with Crippen LogP contribution in [0.25, 0.3) is 0 Å². The summed E-state index contributed by atoms with van der Waals surface area (Å²) in [7, 11) is 6.42. The van der Waals surface area contributed by atoms with E-state index in [9.17, 15) is 24.9 Å². The highest BCUT2D eigenvalue weighted by Crippen LogP contribution is 2.34. The number of alkyl halides is 2. The van der Waals surface area contributed by atoms with Gasteiger partial charge in [0.25, 0.3) is 0 Å². The summed E-state index contributed by atoms with van der Waals surface area (Å²) in [4.78, 5) is 25.7. The maximum absolute atomic E-state index is 11.3. The molecule has 0 aliphatic rings. The Morgan fingerprint density at radius 2 is 1.20 bits per heavy atom. The Bertz CT molecular complexity index is 346. The summed E-state index contributed by atoms with van der Waals surface area (Å²) in [5.74, 6) is -2.14. The Kier molecular flexibility index (Phi) is 7.62. The molecule has 2 unspecified atom stereocenters. The van der Waals surface area contributed by atoms with E-state index in [-0.39, 0.29) is 12.8 Å². The number of nitrogens with zero attached hydrogens (tertiary/aromatic N) is 2. The van der Waals surface area contributed by atoms with Crippen molar-refractivity contribution in [1.82, 2.24) is 9.80 Å². The highest BCUT2D eigenvalue weighted by atomic mass is 127. The number of aliphatic hydroxyl groups excluding tert-OH is 1. The average Bonchev–Trinajstić information content (AvgIpc) is 2.27. The predicted octanol–water partition coefficient (Wildman–Crippen LogP) is 0.682. The Morgan fingerprint density at radius 3 is 1.35 bits per heavy atom. The number of hydrogen-bond acceptors (Lipinski definition) is 5. The number of likely N-dealkylation sites (N-methyl/N-ethyl adjacent to an activating group) is 2. The van der Waals surface area contributed by atoms with Gasteiger partial charge < -0.3 is 15.3 Å². The largest absolute Gasteiger partial charge is 0.479 e. The minimum Gasteiger partial charge on any atom is -0.479 e. The van der Waals surface area contributed by atoms with Crippen molar-refractivity contribution >= 4 is 57.1 Å². The van der Waals surface area contributed by atoms with Crippen LogP contribution in [0, 0.1) is 0 Å². The fourth-order valence-corrected chi connectivity index (χ4v) is 2.64. The summed E-state index contributed by atoms with van der Waals surface area (Å²) >= 11 is 3.52. The van der Waals surface area contributed by atoms with Gasteiger partial charge >= 0.3 is 11.9 Å². The van der Waals surface area contributed by atoms with E-state index in [2.05, 4.69) is 0 Å². The molecule has 0 amide bonds. The molecule has 0 fully saturated rings. The van der Waals surface area contributed by atoms with E-state index in [4.69, 9.17) is 0 Å². The van der Waals surface area contributed by atoms with Crippen molar-refractivity contribution in [3.63, 3.8) is 0 Å². The van der Waals surface area contributed by atoms with E-state index in [0.717, 1.165) is 0 Å². The van der Waals surface area contributed by atoms with Gasteiger partial charge in [0, 0.05) is 12.8 Å². The van der Waals surface area contributed by atoms with Gasteiger partial charge in [-0.2, -0.15) is 0 Å². The van der Waals surface area contributed by atoms with Crippen LogP contribution in [0.15, 0.2) is 0 Å². The van der Waals surface area contributed by atoms with Gasteiger partial charge in [0.1, 0.15) is 0 Å². The zero-order valence-corrected chi connectivity index (χ0v) is 16.1. The first kappa shape index (κ1) is 20.3. The maximum Gasteiger partial charge on any atom is 0.334 e. The molecule has 7 nitrogen and oxygen atoms in total. The lowest BCUT2D eigenvalue weighted by Crippen LogP contribution is -2.51. The molecule has 0 aromatic heterocycles. The number of carboxylic acid groups (broad SMARTS) is 2. The van der Waals surface area contributed by atoms with Gasteiger partial charge in [-0.1, -0.05) is 0 Å². The molecule has 0 spiro atoms. The van der Waals surface area contributed by atoms with Crippen LogP contribution in [0.5, 0.6) is 0 Å². The molecule has 0 bridgehead atoms. The van der Waals surface area contributed by atoms with Crippen molar-refractivity contribution in [3.05, 3.63) is 0 Å². The quantitative estimate of drug-likeness (QED) is 0.249. The molecule has 0 aromatic rings. The van der Waals surface area contributed by atoms with Crippen molar-refractivity contribution in [2.24, 2.45) is 0 Å². The molecule has 0 aliphatic heterocycles. The Hall–Kier alpha value is 0.280. The van der Waals surface area contributed by atoms with E-state index in [0.29, 0.717) is 0 Å². The van der Waals surface area contributed by atoms with Crippen LogP contribution in [0.2, 0.25) is 0 Å². The summed E-state index contributed by atoms with van der Waals surface area (Å²) in [6.45, 7) is 0. The molecule has 20 heavy (non-hydrogen) atoms. The number of aliphatic hydroxyl groups is 1. The number of aliphatic carboxylic acids is 2. The van der Waals surface area contributed by atoms with Gasteiger partial charge in [0.15, 0.2) is 7.09 Å². The van der Waals surface area contributed by atoms with Crippen molar-refractivity contribution in [3.8, 4) is 0 Å². The molecular weight excluding hydrogens is 494 g/mol. The highest BCUT2D eigenvalue weighted by molar-refractivity contribution is 14.1. The lowest BCUT2D eigenvalue weighted by atomic mass is 10.0. The SMILES string of the molecule is CN(C)C(I)(CC(O)CC(I)(C(=O)O)N(C)C)C(=O)O. The first-order valence-electron chi connectivity index (χ1n) is 5.75. The summed E-state index contributed by atoms with van der Waals surface area (Å²) in [5.41, 5.74) is 0. The topological polar surface area (TPSA) is 101 Å². The van der Waals surface area contributed by atoms with E-state index in [1.165, 1.54) is 9.80 Å². The van der Waals surface area contributed by atoms with Crippen molar-refractivity contribution in [2.45, 2.75) is 26.0 Å². The van der Waals surface area contributed by atoms with Crippen LogP contribution < -0.4 is 0 Å². The third-order valence-electron chi connectivity index (χ3n) is 3.09. The molecule has 0 aliphatic carbocycles. The third kappa shape index (κ3) is 4.64. The first-order chi connectivity index (χ1) is 8.87. The number of hydrogen-bond donors (Lipinski definition) is 3. The molecular formula is C11H20I2N2O5. The van der Waals surface area contributed by atoms with Crippen LogP contribution in [-0.4, -0.2) is 78.4 Å². The molecule has 9 heteroatoms. The molecule has 0 heterocycles. The smallest absolute Gasteiger partial charge is 0.334 e. The predicted molar refractivity (Wildman–Crippen MR) is 91.4 cm³/mol. The summed E-state index contributed by atoms with van der Waals surface area (Å²) in [6.07, 6.45) is -1.19. The monoisotopic (exact) mass is 514 g/mol. The summed E-state index contributed by atoms with van der Waals surface area (Å²) in [5, 5.41) is 28.7. The van der Waals surface area contributed by atoms with Crippen LogP contribution in [0.3, 0.4) is 0 Å². The fraction of sp³-hybridized carbons (Fsp3) is 0.818. The lowest BCUT2D eigenvalue weighted by Gasteiger charge is -2.36. The molecule has 2 atom stereocenters. The van der Waals surface area contributed by atoms with Crippen molar-refractivity contribution < 1.29 is 24.9 Å². The Labute approximate surface area is 145 Å². The minimum absolute atomic E-state index is 0.0677. The van der Waals surface area contributed by atoms with Gasteiger partial charge in [-0.3, -0.25) is 9.80 Å². The molecule has 3 N–H and O–H groups in total. The number of carbonyl (C=O) groups is 2. The normalized spacial score (nSPS) is 19.4. The molecule has 0 saturated heterocycles. The van der Waals surface area contributed by atoms with Crippen molar-refractivity contribution in [2.75, 3.05) is 28.2 Å². The van der Waals surface area contributed by atoms with Crippen LogP contribution in [0.1, 0.15) is 12.8 Å². The van der Waals surface area contributed by atoms with Gasteiger partial charge in [-0.15, -0.1) is 0 Å². The Balaban J connectivity index is 5.06. The lowest BCUT2D eigenvalue weighted by molar-refractivity contribution is -0.145. The fourth-order valence-electron chi connectivity index (χ4n) is 1.62. The van der Waals surface area contributed by atoms with Gasteiger partial charge in [-0.05, 0) is 73.4 Å². The Morgan fingerprint density at radius 1 is 0.950 bits per heavy atom. The average molecular weight is 514 g/mol. The summed E-state index contributed by atoms with van der Waals surface area (Å²) < 4.78 is -2.56. The zero-order chi connectivity index (χ0) is 16.3. The van der Waals surface area contributed by atoms with Crippen molar-refractivity contribution in [1.29, 1.82) is 0 Å². The maximum atomic E-state index is 11.3. The minimum atomic E-state index is -1.28. The number of rotatable bonds is 8. The number of halogens is 2. The van der Waals surface area contributed by atoms with E-state index >= 15 is 0 Å². The zero-order valence-electron chi connectivity index (χ0n) is 11.8. The second-order valence-electron chi connectivity index (χ2n) is 4.98. The first-order valence-corrected chi connectivity index (χ1v) is 7.91. The molecule has 0 rings (SSSR count). The molecule has 118 valence electrons.